The molecule has 4 aliphatic carbocycles. The lowest BCUT2D eigenvalue weighted by Gasteiger charge is -2.58. The van der Waals surface area contributed by atoms with E-state index in [0.717, 1.165) is 49.0 Å². The molecule has 0 bridgehead atoms. The van der Waals surface area contributed by atoms with Crippen molar-refractivity contribution in [3.63, 3.8) is 0 Å². The smallest absolute Gasteiger partial charge is 0.122 e. The number of aliphatic hydroxyl groups is 1. The lowest BCUT2D eigenvalue weighted by Crippen LogP contribution is -2.57. The van der Waals surface area contributed by atoms with Gasteiger partial charge in [-0.2, -0.15) is 0 Å². The molecule has 30 heavy (non-hydrogen) atoms. The summed E-state index contributed by atoms with van der Waals surface area (Å²) in [5.41, 5.74) is 2.33. The number of piperidine rings is 1. The van der Waals surface area contributed by atoms with E-state index in [4.69, 9.17) is 4.74 Å². The number of nitrogens with one attached hydrogen (secondary N) is 1. The first kappa shape index (κ1) is 20.2. The first-order valence-corrected chi connectivity index (χ1v) is 13.1. The Morgan fingerprint density at radius 3 is 2.67 bits per heavy atom. The van der Waals surface area contributed by atoms with Crippen LogP contribution in [0.5, 0.6) is 0 Å². The minimum Gasteiger partial charge on any atom is -0.393 e. The average molecular weight is 414 g/mol. The summed E-state index contributed by atoms with van der Waals surface area (Å²) in [7, 11) is 0. The van der Waals surface area contributed by atoms with Crippen molar-refractivity contribution in [2.24, 2.45) is 46.3 Å². The van der Waals surface area contributed by atoms with Gasteiger partial charge in [-0.05, 0) is 98.2 Å². The van der Waals surface area contributed by atoms with Gasteiger partial charge in [0, 0.05) is 12.5 Å². The van der Waals surface area contributed by atoms with E-state index in [9.17, 15) is 5.11 Å². The third-order valence-electron chi connectivity index (χ3n) is 11.6. The Kier molecular flexibility index (Phi) is 4.44. The van der Waals surface area contributed by atoms with Gasteiger partial charge in [-0.3, -0.25) is 5.32 Å². The molecule has 0 amide bonds. The molecule has 6 aliphatic rings. The Bertz CT molecular complexity index is 739. The Labute approximate surface area is 183 Å². The molecular formula is C27H43NO2. The third-order valence-corrected chi connectivity index (χ3v) is 11.6. The SMILES string of the molecule is C[C@@H]1CC[C@@]2(NC1)O[C@H]1C[C@H]3[C@@H]4CC=C5C[C@@H](O)CC[C@]5(C)[C@H]4CC[C@]3(C)[C@H]1[C@H]2C. The molecular weight excluding hydrogens is 370 g/mol. The Morgan fingerprint density at radius 2 is 1.90 bits per heavy atom. The highest BCUT2D eigenvalue weighted by molar-refractivity contribution is 5.26. The minimum atomic E-state index is -0.100. The summed E-state index contributed by atoms with van der Waals surface area (Å²) in [6.07, 6.45) is 13.8. The Hall–Kier alpha value is -0.380. The van der Waals surface area contributed by atoms with E-state index in [1.54, 1.807) is 5.57 Å². The molecule has 11 atom stereocenters. The van der Waals surface area contributed by atoms with E-state index in [-0.39, 0.29) is 11.8 Å². The number of hydrogen-bond donors (Lipinski definition) is 2. The van der Waals surface area contributed by atoms with Gasteiger partial charge < -0.3 is 9.84 Å². The lowest BCUT2D eigenvalue weighted by molar-refractivity contribution is -0.115. The fourth-order valence-corrected chi connectivity index (χ4v) is 9.84. The molecule has 2 heterocycles. The molecule has 6 rings (SSSR count). The van der Waals surface area contributed by atoms with Crippen LogP contribution in [0.3, 0.4) is 0 Å². The van der Waals surface area contributed by atoms with Crippen molar-refractivity contribution in [2.45, 2.75) is 103 Å². The normalized spacial score (nSPS) is 59.8. The van der Waals surface area contributed by atoms with Gasteiger partial charge in [0.2, 0.25) is 0 Å². The molecule has 0 unspecified atom stereocenters. The predicted molar refractivity (Wildman–Crippen MR) is 120 cm³/mol. The van der Waals surface area contributed by atoms with Crippen LogP contribution >= 0.6 is 0 Å². The zero-order chi connectivity index (χ0) is 20.9. The molecule has 5 fully saturated rings. The van der Waals surface area contributed by atoms with Gasteiger partial charge in [0.1, 0.15) is 5.72 Å². The molecule has 0 aromatic rings. The largest absolute Gasteiger partial charge is 0.393 e. The minimum absolute atomic E-state index is 0.0439. The summed E-state index contributed by atoms with van der Waals surface area (Å²) in [5.74, 6) is 4.58. The summed E-state index contributed by atoms with van der Waals surface area (Å²) >= 11 is 0. The van der Waals surface area contributed by atoms with Crippen molar-refractivity contribution in [1.29, 1.82) is 0 Å². The molecule has 0 aromatic carbocycles. The number of fused-ring (bicyclic) bond motifs is 7. The van der Waals surface area contributed by atoms with Crippen LogP contribution in [0.25, 0.3) is 0 Å². The molecule has 2 aliphatic heterocycles. The predicted octanol–water partition coefficient (Wildman–Crippen LogP) is 5.29. The quantitative estimate of drug-likeness (QED) is 0.530. The highest BCUT2D eigenvalue weighted by atomic mass is 16.5. The standard InChI is InChI=1S/C27H43NO2/c1-16-7-12-27(28-15-16)17(2)24-23(30-27)14-22-20-6-5-18-13-19(29)8-10-25(18,3)21(20)9-11-26(22,24)4/h5,16-17,19-24,28-29H,6-15H2,1-4H3/t16-,17-,19+,20-,21+,22+,23+,24+,25+,26+,27-/m1/s1. The molecule has 1 spiro atoms. The van der Waals surface area contributed by atoms with Gasteiger partial charge >= 0.3 is 0 Å². The molecule has 2 N–H and O–H groups in total. The number of ether oxygens (including phenoxy) is 1. The maximum atomic E-state index is 10.3. The lowest BCUT2D eigenvalue weighted by atomic mass is 9.47. The summed E-state index contributed by atoms with van der Waals surface area (Å²) < 4.78 is 7.00. The molecule has 3 heteroatoms. The highest BCUT2D eigenvalue weighted by Crippen LogP contribution is 2.70. The fourth-order valence-electron chi connectivity index (χ4n) is 9.84. The molecule has 2 saturated heterocycles. The van der Waals surface area contributed by atoms with E-state index < -0.39 is 0 Å². The topological polar surface area (TPSA) is 41.5 Å². The van der Waals surface area contributed by atoms with Gasteiger partial charge in [0.05, 0.1) is 12.2 Å². The van der Waals surface area contributed by atoms with Gasteiger partial charge in [0.15, 0.2) is 0 Å². The van der Waals surface area contributed by atoms with Gasteiger partial charge in [-0.25, -0.2) is 0 Å². The average Bonchev–Trinajstić information content (AvgIpc) is 3.16. The summed E-state index contributed by atoms with van der Waals surface area (Å²) in [4.78, 5) is 0. The van der Waals surface area contributed by atoms with Crippen LogP contribution in [0.1, 0.15) is 85.5 Å². The van der Waals surface area contributed by atoms with Crippen molar-refractivity contribution in [2.75, 3.05) is 6.54 Å². The van der Waals surface area contributed by atoms with Gasteiger partial charge in [-0.15, -0.1) is 0 Å². The molecule has 0 aromatic heterocycles. The molecule has 3 saturated carbocycles. The second kappa shape index (κ2) is 6.58. The van der Waals surface area contributed by atoms with Crippen LogP contribution in [0.2, 0.25) is 0 Å². The van der Waals surface area contributed by atoms with Crippen molar-refractivity contribution in [3.05, 3.63) is 11.6 Å². The number of allylic oxidation sites excluding steroid dienone is 1. The maximum Gasteiger partial charge on any atom is 0.122 e. The van der Waals surface area contributed by atoms with Crippen molar-refractivity contribution in [3.8, 4) is 0 Å². The van der Waals surface area contributed by atoms with Crippen LogP contribution in [0.15, 0.2) is 11.6 Å². The zero-order valence-electron chi connectivity index (χ0n) is 19.6. The number of rotatable bonds is 0. The summed E-state index contributed by atoms with van der Waals surface area (Å²) in [5, 5.41) is 14.1. The van der Waals surface area contributed by atoms with Gasteiger partial charge in [0.25, 0.3) is 0 Å². The molecule has 3 nitrogen and oxygen atoms in total. The highest BCUT2D eigenvalue weighted by Gasteiger charge is 2.68. The number of aliphatic hydroxyl groups excluding tert-OH is 1. The second-order valence-corrected chi connectivity index (χ2v) is 12.8. The Balaban J connectivity index is 1.28. The molecule has 0 radical (unpaired) electrons. The van der Waals surface area contributed by atoms with Crippen molar-refractivity contribution < 1.29 is 9.84 Å². The van der Waals surface area contributed by atoms with Crippen molar-refractivity contribution in [1.82, 2.24) is 5.32 Å². The van der Waals surface area contributed by atoms with Crippen LogP contribution < -0.4 is 5.32 Å². The fraction of sp³-hybridized carbons (Fsp3) is 0.926. The number of hydrogen-bond acceptors (Lipinski definition) is 3. The van der Waals surface area contributed by atoms with Crippen LogP contribution in [0, 0.1) is 46.3 Å². The molecule has 168 valence electrons. The van der Waals surface area contributed by atoms with Crippen LogP contribution in [-0.2, 0) is 4.74 Å². The van der Waals surface area contributed by atoms with Crippen LogP contribution in [0.4, 0.5) is 0 Å². The first-order valence-electron chi connectivity index (χ1n) is 13.1. The van der Waals surface area contributed by atoms with E-state index in [0.29, 0.717) is 22.9 Å². The summed E-state index contributed by atoms with van der Waals surface area (Å²) in [6, 6.07) is 0. The van der Waals surface area contributed by atoms with Crippen molar-refractivity contribution >= 4 is 0 Å². The van der Waals surface area contributed by atoms with Gasteiger partial charge in [-0.1, -0.05) is 39.3 Å². The summed E-state index contributed by atoms with van der Waals surface area (Å²) in [6.45, 7) is 11.2. The Morgan fingerprint density at radius 1 is 1.07 bits per heavy atom. The first-order chi connectivity index (χ1) is 14.3. The van der Waals surface area contributed by atoms with Crippen LogP contribution in [-0.4, -0.2) is 29.6 Å². The van der Waals surface area contributed by atoms with E-state index in [2.05, 4.69) is 39.1 Å². The second-order valence-electron chi connectivity index (χ2n) is 12.8. The van der Waals surface area contributed by atoms with E-state index in [1.165, 1.54) is 44.9 Å². The zero-order valence-corrected chi connectivity index (χ0v) is 19.6. The maximum absolute atomic E-state index is 10.3. The van der Waals surface area contributed by atoms with E-state index >= 15 is 0 Å². The monoisotopic (exact) mass is 413 g/mol. The van der Waals surface area contributed by atoms with E-state index in [1.807, 2.05) is 0 Å². The third kappa shape index (κ3) is 2.55.